The van der Waals surface area contributed by atoms with E-state index in [1.54, 1.807) is 0 Å². The second-order valence-electron chi connectivity index (χ2n) is 2.31. The van der Waals surface area contributed by atoms with E-state index in [2.05, 4.69) is 32.7 Å². The maximum Gasteiger partial charge on any atom is 0.382 e. The molecule has 0 aromatic heterocycles. The van der Waals surface area contributed by atoms with Crippen LogP contribution in [0.1, 0.15) is 0 Å². The molecule has 78 valence electrons. The number of rotatable bonds is 2. The number of hydrogen-bond acceptors (Lipinski definition) is 2. The summed E-state index contributed by atoms with van der Waals surface area (Å²) in [6.45, 7) is -0.824. The van der Waals surface area contributed by atoms with Gasteiger partial charge in [0.15, 0.2) is 0 Å². The van der Waals surface area contributed by atoms with E-state index < -0.39 is 29.8 Å². The van der Waals surface area contributed by atoms with Gasteiger partial charge in [-0.2, -0.15) is 17.6 Å². The number of halogens is 6. The highest BCUT2D eigenvalue weighted by molar-refractivity contribution is 6.26. The van der Waals surface area contributed by atoms with E-state index in [-0.39, 0.29) is 0 Å². The summed E-state index contributed by atoms with van der Waals surface area (Å²) in [4.78, 5) is 0. The molecule has 0 aromatic carbocycles. The molecule has 0 atom stereocenters. The Labute approximate surface area is 80.7 Å². The minimum absolute atomic E-state index is 0.412. The molecule has 0 amide bonds. The Bertz CT molecular complexity index is 178. The number of alkyl halides is 6. The molecule has 13 heavy (non-hydrogen) atoms. The molecule has 2 nitrogen and oxygen atoms in total. The molecule has 0 spiro atoms. The summed E-state index contributed by atoms with van der Waals surface area (Å²) in [6.07, 6.45) is 0. The lowest BCUT2D eigenvalue weighted by Crippen LogP contribution is -2.56. The van der Waals surface area contributed by atoms with Crippen molar-refractivity contribution >= 4 is 23.2 Å². The average molecular weight is 243 g/mol. The molecule has 0 aromatic rings. The van der Waals surface area contributed by atoms with E-state index in [1.165, 1.54) is 0 Å². The molecule has 1 saturated heterocycles. The van der Waals surface area contributed by atoms with E-state index in [0.717, 1.165) is 0 Å². The molecule has 1 aliphatic rings. The molecular weight excluding hydrogens is 239 g/mol. The standard InChI is InChI=1S/C5H4Cl2F4O2/c6-4(8,9)3(5(7,10)11)12-1-2-13-3/h1-2H2. The van der Waals surface area contributed by atoms with E-state index in [4.69, 9.17) is 0 Å². The van der Waals surface area contributed by atoms with Crippen LogP contribution in [0, 0.1) is 0 Å². The second kappa shape index (κ2) is 3.12. The normalized spacial score (nSPS) is 23.5. The van der Waals surface area contributed by atoms with Crippen LogP contribution in [0.4, 0.5) is 17.6 Å². The highest BCUT2D eigenvalue weighted by atomic mass is 35.5. The zero-order valence-corrected chi connectivity index (χ0v) is 7.51. The fourth-order valence-electron chi connectivity index (χ4n) is 0.900. The zero-order valence-electron chi connectivity index (χ0n) is 6.00. The Hall–Kier alpha value is 0.220. The zero-order chi connectivity index (χ0) is 10.3. The van der Waals surface area contributed by atoms with Crippen molar-refractivity contribution < 1.29 is 27.0 Å². The van der Waals surface area contributed by atoms with Crippen molar-refractivity contribution in [1.82, 2.24) is 0 Å². The third kappa shape index (κ3) is 1.72. The Morgan fingerprint density at radius 3 is 1.38 bits per heavy atom. The minimum atomic E-state index is -4.39. The quantitative estimate of drug-likeness (QED) is 0.547. The predicted octanol–water partition coefficient (Wildman–Crippen LogP) is 2.39. The minimum Gasteiger partial charge on any atom is -0.336 e. The first-order valence-corrected chi connectivity index (χ1v) is 3.88. The van der Waals surface area contributed by atoms with Gasteiger partial charge in [-0.15, -0.1) is 0 Å². The lowest BCUT2D eigenvalue weighted by atomic mass is 10.3. The largest absolute Gasteiger partial charge is 0.382 e. The number of hydrogen-bond donors (Lipinski definition) is 0. The monoisotopic (exact) mass is 242 g/mol. The summed E-state index contributed by atoms with van der Waals surface area (Å²) in [7, 11) is 0. The molecule has 1 heterocycles. The van der Waals surface area contributed by atoms with Gasteiger partial charge < -0.3 is 9.47 Å². The van der Waals surface area contributed by atoms with Gasteiger partial charge in [-0.3, -0.25) is 0 Å². The van der Waals surface area contributed by atoms with E-state index in [0.29, 0.717) is 0 Å². The Balaban J connectivity index is 3.02. The molecule has 0 N–H and O–H groups in total. The lowest BCUT2D eigenvalue weighted by molar-refractivity contribution is -0.323. The molecule has 1 fully saturated rings. The van der Waals surface area contributed by atoms with Crippen LogP contribution in [0.15, 0.2) is 0 Å². The van der Waals surface area contributed by atoms with Gasteiger partial charge in [-0.1, -0.05) is 0 Å². The fourth-order valence-corrected chi connectivity index (χ4v) is 1.40. The van der Waals surface area contributed by atoms with Crippen LogP contribution in [0.2, 0.25) is 0 Å². The van der Waals surface area contributed by atoms with Gasteiger partial charge in [0.2, 0.25) is 0 Å². The van der Waals surface area contributed by atoms with Crippen LogP contribution in [0.3, 0.4) is 0 Å². The van der Waals surface area contributed by atoms with Gasteiger partial charge in [0.1, 0.15) is 0 Å². The SMILES string of the molecule is FC(F)(Cl)C1(C(F)(F)Cl)OCCO1. The van der Waals surface area contributed by atoms with Crippen LogP contribution in [-0.2, 0) is 9.47 Å². The van der Waals surface area contributed by atoms with Crippen molar-refractivity contribution in [2.45, 2.75) is 16.6 Å². The molecule has 1 rings (SSSR count). The van der Waals surface area contributed by atoms with Crippen molar-refractivity contribution in [3.8, 4) is 0 Å². The van der Waals surface area contributed by atoms with Gasteiger partial charge in [0, 0.05) is 0 Å². The molecule has 1 aliphatic heterocycles. The molecule has 0 aliphatic carbocycles. The summed E-state index contributed by atoms with van der Waals surface area (Å²) in [6, 6.07) is 0. The maximum absolute atomic E-state index is 12.5. The molecule has 0 bridgehead atoms. The van der Waals surface area contributed by atoms with Crippen LogP contribution < -0.4 is 0 Å². The van der Waals surface area contributed by atoms with Crippen molar-refractivity contribution in [3.63, 3.8) is 0 Å². The Morgan fingerprint density at radius 1 is 0.923 bits per heavy atom. The maximum atomic E-state index is 12.5. The Morgan fingerprint density at radius 2 is 1.23 bits per heavy atom. The lowest BCUT2D eigenvalue weighted by Gasteiger charge is -2.33. The predicted molar refractivity (Wildman–Crippen MR) is 36.2 cm³/mol. The highest BCUT2D eigenvalue weighted by Crippen LogP contribution is 2.50. The summed E-state index contributed by atoms with van der Waals surface area (Å²) in [5, 5.41) is -8.79. The summed E-state index contributed by atoms with van der Waals surface area (Å²) in [5.74, 6) is -3.57. The van der Waals surface area contributed by atoms with Crippen LogP contribution >= 0.6 is 23.2 Å². The van der Waals surface area contributed by atoms with Crippen LogP contribution in [0.25, 0.3) is 0 Å². The van der Waals surface area contributed by atoms with Crippen molar-refractivity contribution in [2.24, 2.45) is 0 Å². The number of ether oxygens (including phenoxy) is 2. The molecular formula is C5H4Cl2F4O2. The molecule has 0 unspecified atom stereocenters. The third-order valence-electron chi connectivity index (χ3n) is 1.44. The van der Waals surface area contributed by atoms with Gasteiger partial charge in [0.25, 0.3) is 0 Å². The average Bonchev–Trinajstić information content (AvgIpc) is 2.28. The highest BCUT2D eigenvalue weighted by Gasteiger charge is 2.72. The van der Waals surface area contributed by atoms with E-state index >= 15 is 0 Å². The smallest absolute Gasteiger partial charge is 0.336 e. The topological polar surface area (TPSA) is 18.5 Å². The van der Waals surface area contributed by atoms with E-state index in [9.17, 15) is 17.6 Å². The van der Waals surface area contributed by atoms with Gasteiger partial charge in [0.05, 0.1) is 13.2 Å². The molecule has 0 radical (unpaired) electrons. The third-order valence-corrected chi connectivity index (χ3v) is 1.94. The van der Waals surface area contributed by atoms with Gasteiger partial charge in [-0.05, 0) is 23.2 Å². The summed E-state index contributed by atoms with van der Waals surface area (Å²) in [5.41, 5.74) is 0. The van der Waals surface area contributed by atoms with Crippen molar-refractivity contribution in [1.29, 1.82) is 0 Å². The second-order valence-corrected chi connectivity index (χ2v) is 3.26. The first-order chi connectivity index (χ1) is 5.71. The van der Waals surface area contributed by atoms with Crippen LogP contribution in [-0.4, -0.2) is 29.8 Å². The fraction of sp³-hybridized carbons (Fsp3) is 1.00. The first kappa shape index (κ1) is 11.3. The van der Waals surface area contributed by atoms with Crippen molar-refractivity contribution in [3.05, 3.63) is 0 Å². The summed E-state index contributed by atoms with van der Waals surface area (Å²) >= 11 is 8.87. The van der Waals surface area contributed by atoms with E-state index in [1.807, 2.05) is 0 Å². The molecule has 8 heteroatoms. The van der Waals surface area contributed by atoms with Gasteiger partial charge >= 0.3 is 16.6 Å². The molecule has 0 saturated carbocycles. The van der Waals surface area contributed by atoms with Crippen LogP contribution in [0.5, 0.6) is 0 Å². The first-order valence-electron chi connectivity index (χ1n) is 3.12. The summed E-state index contributed by atoms with van der Waals surface area (Å²) < 4.78 is 58.3. The Kier molecular flexibility index (Phi) is 2.71. The van der Waals surface area contributed by atoms with Crippen molar-refractivity contribution in [2.75, 3.05) is 13.2 Å². The van der Waals surface area contributed by atoms with Gasteiger partial charge in [-0.25, -0.2) is 0 Å².